The fourth-order valence-corrected chi connectivity index (χ4v) is 1.50. The van der Waals surface area contributed by atoms with E-state index in [0.717, 1.165) is 16.7 Å². The maximum absolute atomic E-state index is 8.66. The summed E-state index contributed by atoms with van der Waals surface area (Å²) in [5.41, 5.74) is 2.69. The Morgan fingerprint density at radius 2 is 2.33 bits per heavy atom. The Morgan fingerprint density at radius 1 is 1.53 bits per heavy atom. The fourth-order valence-electron chi connectivity index (χ4n) is 1.50. The van der Waals surface area contributed by atoms with Gasteiger partial charge in [0.05, 0.1) is 6.54 Å². The Labute approximate surface area is 87.7 Å². The average Bonchev–Trinajstić information content (AvgIpc) is 2.57. The minimum atomic E-state index is 0.596. The minimum absolute atomic E-state index is 0.596. The normalized spacial score (nSPS) is 10.2. The molecule has 0 spiro atoms. The van der Waals surface area contributed by atoms with Crippen LogP contribution in [0.4, 0.5) is 0 Å². The molecule has 0 bridgehead atoms. The highest BCUT2D eigenvalue weighted by Crippen LogP contribution is 2.17. The standard InChI is InChI=1S/C11H11N3O/c1-8-13-10-5-9(6-14(2)7-12)3-4-11(10)15-8/h3-5H,6H2,1-2H3. The van der Waals surface area contributed by atoms with Crippen molar-refractivity contribution in [3.63, 3.8) is 0 Å². The predicted octanol–water partition coefficient (Wildman–Crippen LogP) is 2.05. The van der Waals surface area contributed by atoms with E-state index in [9.17, 15) is 0 Å². The predicted molar refractivity (Wildman–Crippen MR) is 55.8 cm³/mol. The molecule has 0 aliphatic rings. The average molecular weight is 201 g/mol. The van der Waals surface area contributed by atoms with Crippen molar-refractivity contribution in [1.29, 1.82) is 5.26 Å². The van der Waals surface area contributed by atoms with Gasteiger partial charge in [0.2, 0.25) is 0 Å². The number of hydrogen-bond acceptors (Lipinski definition) is 4. The molecule has 1 aromatic heterocycles. The summed E-state index contributed by atoms with van der Waals surface area (Å²) in [6.07, 6.45) is 2.06. The second kappa shape index (κ2) is 3.62. The molecule has 0 fully saturated rings. The van der Waals surface area contributed by atoms with Gasteiger partial charge in [0, 0.05) is 14.0 Å². The molecule has 2 aromatic rings. The molecule has 76 valence electrons. The molecule has 1 aromatic carbocycles. The third-order valence-electron chi connectivity index (χ3n) is 2.15. The summed E-state index contributed by atoms with van der Waals surface area (Å²) in [6.45, 7) is 2.42. The fraction of sp³-hybridized carbons (Fsp3) is 0.273. The summed E-state index contributed by atoms with van der Waals surface area (Å²) in [4.78, 5) is 5.80. The molecule has 0 aliphatic carbocycles. The van der Waals surface area contributed by atoms with Gasteiger partial charge in [-0.15, -0.1) is 0 Å². The van der Waals surface area contributed by atoms with E-state index in [1.54, 1.807) is 11.9 Å². The number of benzene rings is 1. The molecule has 0 radical (unpaired) electrons. The van der Waals surface area contributed by atoms with Crippen molar-refractivity contribution in [3.8, 4) is 6.19 Å². The van der Waals surface area contributed by atoms with Gasteiger partial charge in [-0.05, 0) is 17.7 Å². The number of rotatable bonds is 2. The number of oxazole rings is 1. The summed E-state index contributed by atoms with van der Waals surface area (Å²) in [5.74, 6) is 0.663. The first kappa shape index (κ1) is 9.53. The van der Waals surface area contributed by atoms with E-state index in [-0.39, 0.29) is 0 Å². The molecular weight excluding hydrogens is 190 g/mol. The van der Waals surface area contributed by atoms with Crippen molar-refractivity contribution in [2.75, 3.05) is 7.05 Å². The van der Waals surface area contributed by atoms with Crippen LogP contribution in [-0.4, -0.2) is 16.9 Å². The van der Waals surface area contributed by atoms with Gasteiger partial charge in [0.15, 0.2) is 17.7 Å². The smallest absolute Gasteiger partial charge is 0.192 e. The third-order valence-corrected chi connectivity index (χ3v) is 2.15. The van der Waals surface area contributed by atoms with E-state index in [4.69, 9.17) is 9.68 Å². The Kier molecular flexibility index (Phi) is 2.30. The molecular formula is C11H11N3O. The molecule has 0 saturated carbocycles. The number of fused-ring (bicyclic) bond motifs is 1. The van der Waals surface area contributed by atoms with Crippen LogP contribution in [0.3, 0.4) is 0 Å². The van der Waals surface area contributed by atoms with Gasteiger partial charge in [-0.2, -0.15) is 5.26 Å². The molecule has 0 saturated heterocycles. The van der Waals surface area contributed by atoms with E-state index in [1.807, 2.05) is 25.1 Å². The van der Waals surface area contributed by atoms with Crippen molar-refractivity contribution in [1.82, 2.24) is 9.88 Å². The number of hydrogen-bond donors (Lipinski definition) is 0. The summed E-state index contributed by atoms with van der Waals surface area (Å²) >= 11 is 0. The molecule has 0 N–H and O–H groups in total. The van der Waals surface area contributed by atoms with Crippen molar-refractivity contribution in [2.24, 2.45) is 0 Å². The van der Waals surface area contributed by atoms with Gasteiger partial charge in [0.25, 0.3) is 0 Å². The zero-order valence-electron chi connectivity index (χ0n) is 8.69. The van der Waals surface area contributed by atoms with Crippen molar-refractivity contribution < 1.29 is 4.42 Å². The summed E-state index contributed by atoms with van der Waals surface area (Å²) in [7, 11) is 1.75. The van der Waals surface area contributed by atoms with Crippen LogP contribution in [0.5, 0.6) is 0 Å². The number of nitrogens with zero attached hydrogens (tertiary/aromatic N) is 3. The van der Waals surface area contributed by atoms with Gasteiger partial charge >= 0.3 is 0 Å². The maximum Gasteiger partial charge on any atom is 0.192 e. The van der Waals surface area contributed by atoms with Crippen LogP contribution in [0.15, 0.2) is 22.6 Å². The summed E-state index contributed by atoms with van der Waals surface area (Å²) < 4.78 is 5.36. The minimum Gasteiger partial charge on any atom is -0.441 e. The first-order chi connectivity index (χ1) is 7.19. The zero-order chi connectivity index (χ0) is 10.8. The van der Waals surface area contributed by atoms with Gasteiger partial charge < -0.3 is 9.32 Å². The first-order valence-electron chi connectivity index (χ1n) is 4.66. The van der Waals surface area contributed by atoms with Gasteiger partial charge in [-0.25, -0.2) is 4.98 Å². The van der Waals surface area contributed by atoms with E-state index in [1.165, 1.54) is 0 Å². The van der Waals surface area contributed by atoms with E-state index in [0.29, 0.717) is 12.4 Å². The quantitative estimate of drug-likeness (QED) is 0.551. The third kappa shape index (κ3) is 1.91. The van der Waals surface area contributed by atoms with E-state index in [2.05, 4.69) is 11.2 Å². The first-order valence-corrected chi connectivity index (χ1v) is 4.66. The van der Waals surface area contributed by atoms with Crippen LogP contribution < -0.4 is 0 Å². The van der Waals surface area contributed by atoms with Gasteiger partial charge in [-0.3, -0.25) is 0 Å². The van der Waals surface area contributed by atoms with E-state index < -0.39 is 0 Å². The Balaban J connectivity index is 2.35. The van der Waals surface area contributed by atoms with Crippen LogP contribution in [0, 0.1) is 18.4 Å². The lowest BCUT2D eigenvalue weighted by atomic mass is 10.2. The van der Waals surface area contributed by atoms with Crippen molar-refractivity contribution >= 4 is 11.1 Å². The highest BCUT2D eigenvalue weighted by Gasteiger charge is 2.04. The number of nitriles is 1. The lowest BCUT2D eigenvalue weighted by molar-refractivity contribution is 0.469. The van der Waals surface area contributed by atoms with Crippen molar-refractivity contribution in [2.45, 2.75) is 13.5 Å². The summed E-state index contributed by atoms with van der Waals surface area (Å²) in [6, 6.07) is 5.77. The topological polar surface area (TPSA) is 53.1 Å². The highest BCUT2D eigenvalue weighted by atomic mass is 16.3. The molecule has 0 atom stereocenters. The maximum atomic E-state index is 8.66. The molecule has 4 heteroatoms. The molecule has 2 rings (SSSR count). The van der Waals surface area contributed by atoms with Gasteiger partial charge in [-0.1, -0.05) is 6.07 Å². The Hall–Kier alpha value is -2.02. The SMILES string of the molecule is Cc1nc2cc(CN(C)C#N)ccc2o1. The molecule has 0 unspecified atom stereocenters. The Bertz CT molecular complexity index is 524. The van der Waals surface area contributed by atoms with Crippen LogP contribution >= 0.6 is 0 Å². The largest absolute Gasteiger partial charge is 0.441 e. The Morgan fingerprint density at radius 3 is 3.07 bits per heavy atom. The van der Waals surface area contributed by atoms with E-state index >= 15 is 0 Å². The highest BCUT2D eigenvalue weighted by molar-refractivity contribution is 5.73. The zero-order valence-corrected chi connectivity index (χ0v) is 8.69. The van der Waals surface area contributed by atoms with Gasteiger partial charge in [0.1, 0.15) is 5.52 Å². The van der Waals surface area contributed by atoms with Crippen molar-refractivity contribution in [3.05, 3.63) is 29.7 Å². The second-order valence-electron chi connectivity index (χ2n) is 3.49. The second-order valence-corrected chi connectivity index (χ2v) is 3.49. The summed E-state index contributed by atoms with van der Waals surface area (Å²) in [5, 5.41) is 8.66. The number of aryl methyl sites for hydroxylation is 1. The lowest BCUT2D eigenvalue weighted by Gasteiger charge is -2.07. The molecule has 1 heterocycles. The number of aromatic nitrogens is 1. The molecule has 4 nitrogen and oxygen atoms in total. The molecule has 15 heavy (non-hydrogen) atoms. The van der Waals surface area contributed by atoms with Crippen LogP contribution in [0.1, 0.15) is 11.5 Å². The van der Waals surface area contributed by atoms with Crippen LogP contribution in [-0.2, 0) is 6.54 Å². The lowest BCUT2D eigenvalue weighted by Crippen LogP contribution is -2.09. The van der Waals surface area contributed by atoms with Crippen LogP contribution in [0.2, 0.25) is 0 Å². The molecule has 0 aliphatic heterocycles. The monoisotopic (exact) mass is 201 g/mol. The van der Waals surface area contributed by atoms with Crippen LogP contribution in [0.25, 0.3) is 11.1 Å². The molecule has 0 amide bonds.